The number of carbonyl (C=O) groups excluding carboxylic acids is 10. The Hall–Kier alpha value is -5.42. The average molecular weight is 1090 g/mol. The molecule has 23 heteroatoms. The Morgan fingerprint density at radius 3 is 1.05 bits per heavy atom. The second kappa shape index (κ2) is 32.3. The first kappa shape index (κ1) is 70.6. The van der Waals surface area contributed by atoms with E-state index in [1.807, 2.05) is 0 Å². The third kappa shape index (κ3) is 36.5. The molecule has 0 aromatic carbocycles. The highest BCUT2D eigenvalue weighted by Crippen LogP contribution is 2.22. The Bertz CT molecular complexity index is 1750. The number of hydrogen-bond acceptors (Lipinski definition) is 22. The molecule has 1 N–H and O–H groups in total. The van der Waals surface area contributed by atoms with E-state index in [1.165, 1.54) is 9.80 Å². The van der Waals surface area contributed by atoms with E-state index in [9.17, 15) is 47.9 Å². The van der Waals surface area contributed by atoms with Crippen molar-refractivity contribution in [2.45, 2.75) is 191 Å². The average Bonchev–Trinajstić information content (AvgIpc) is 3.19. The van der Waals surface area contributed by atoms with Crippen molar-refractivity contribution in [2.75, 3.05) is 85.3 Å². The second-order valence-electron chi connectivity index (χ2n) is 23.6. The number of rotatable bonds is 32. The largest absolute Gasteiger partial charge is 0.466 e. The van der Waals surface area contributed by atoms with Crippen molar-refractivity contribution in [1.29, 1.82) is 0 Å². The van der Waals surface area contributed by atoms with E-state index in [1.54, 1.807) is 109 Å². The zero-order valence-electron chi connectivity index (χ0n) is 48.9. The molecule has 0 aromatic heterocycles. The molecule has 0 heterocycles. The van der Waals surface area contributed by atoms with Gasteiger partial charge < -0.3 is 47.9 Å². The maximum absolute atomic E-state index is 14.3. The normalized spacial score (nSPS) is 12.8. The number of unbranched alkanes of at least 4 members (excludes halogenated alkanes) is 3. The van der Waals surface area contributed by atoms with E-state index in [0.717, 1.165) is 20.8 Å². The molecule has 0 aromatic rings. The molecule has 0 spiro atoms. The Kier molecular flexibility index (Phi) is 30.0. The Labute approximate surface area is 450 Å². The highest BCUT2D eigenvalue weighted by molar-refractivity contribution is 5.85. The molecular weight excluding hydrogens is 997 g/mol. The van der Waals surface area contributed by atoms with Gasteiger partial charge in [-0.2, -0.15) is 0 Å². The Morgan fingerprint density at radius 2 is 0.737 bits per heavy atom. The number of ether oxygens (including phenoxy) is 9. The van der Waals surface area contributed by atoms with Crippen molar-refractivity contribution in [2.24, 2.45) is 5.41 Å². The van der Waals surface area contributed by atoms with E-state index >= 15 is 0 Å². The van der Waals surface area contributed by atoms with E-state index in [4.69, 9.17) is 42.6 Å². The molecule has 1 unspecified atom stereocenters. The Morgan fingerprint density at radius 1 is 0.408 bits per heavy atom. The summed E-state index contributed by atoms with van der Waals surface area (Å²) in [4.78, 5) is 134. The molecule has 0 saturated carbocycles. The van der Waals surface area contributed by atoms with Gasteiger partial charge in [0, 0.05) is 53.5 Å². The summed E-state index contributed by atoms with van der Waals surface area (Å²) in [6.07, 6.45) is 1.44. The van der Waals surface area contributed by atoms with Gasteiger partial charge in [-0.25, -0.2) is 0 Å². The van der Waals surface area contributed by atoms with Gasteiger partial charge in [0.2, 0.25) is 5.91 Å². The van der Waals surface area contributed by atoms with Crippen molar-refractivity contribution < 1.29 is 90.6 Å². The number of amides is 1. The van der Waals surface area contributed by atoms with E-state index < -0.39 is 125 Å². The summed E-state index contributed by atoms with van der Waals surface area (Å²) >= 11 is 0. The molecule has 0 radical (unpaired) electrons. The zero-order valence-corrected chi connectivity index (χ0v) is 48.9. The highest BCUT2D eigenvalue weighted by Gasteiger charge is 2.43. The van der Waals surface area contributed by atoms with Gasteiger partial charge in [0.1, 0.15) is 53.9 Å². The molecule has 1 amide bonds. The summed E-state index contributed by atoms with van der Waals surface area (Å²) in [5.41, 5.74) is -6.12. The van der Waals surface area contributed by atoms with Gasteiger partial charge >= 0.3 is 53.7 Å². The Balaban J connectivity index is 6.70. The topological polar surface area (TPSA) is 276 Å². The fraction of sp³-hybridized carbons (Fsp3) is 0.811. The molecule has 1 atom stereocenters. The molecule has 0 aliphatic rings. The molecule has 0 aliphatic heterocycles. The molecule has 0 rings (SSSR count). The third-order valence-electron chi connectivity index (χ3n) is 9.73. The smallest absolute Gasteiger partial charge is 0.324 e. The van der Waals surface area contributed by atoms with Crippen molar-refractivity contribution in [3.8, 4) is 0 Å². The summed E-state index contributed by atoms with van der Waals surface area (Å²) in [6.45, 7) is 25.8. The summed E-state index contributed by atoms with van der Waals surface area (Å²) in [5.74, 6) is -6.85. The molecule has 0 bridgehead atoms. The summed E-state index contributed by atoms with van der Waals surface area (Å²) in [7, 11) is 0. The van der Waals surface area contributed by atoms with Crippen molar-refractivity contribution in [3.63, 3.8) is 0 Å². The van der Waals surface area contributed by atoms with Crippen LogP contribution >= 0.6 is 0 Å². The van der Waals surface area contributed by atoms with E-state index in [2.05, 4.69) is 5.32 Å². The van der Waals surface area contributed by atoms with E-state index in [0.29, 0.717) is 25.7 Å². The number of nitrogens with one attached hydrogen (secondary N) is 1. The van der Waals surface area contributed by atoms with Crippen LogP contribution < -0.4 is 5.32 Å². The minimum absolute atomic E-state index is 0.0401. The van der Waals surface area contributed by atoms with Crippen LogP contribution in [0.25, 0.3) is 0 Å². The van der Waals surface area contributed by atoms with Gasteiger partial charge in [-0.15, -0.1) is 0 Å². The van der Waals surface area contributed by atoms with Crippen LogP contribution in [0.4, 0.5) is 0 Å². The van der Waals surface area contributed by atoms with Crippen LogP contribution in [0.1, 0.15) is 157 Å². The lowest BCUT2D eigenvalue weighted by Gasteiger charge is -2.35. The molecule has 0 saturated heterocycles. The van der Waals surface area contributed by atoms with E-state index in [-0.39, 0.29) is 65.5 Å². The summed E-state index contributed by atoms with van der Waals surface area (Å²) in [6, 6.07) is -1.32. The number of esters is 9. The maximum atomic E-state index is 14.3. The van der Waals surface area contributed by atoms with Gasteiger partial charge in [-0.3, -0.25) is 62.6 Å². The molecule has 76 heavy (non-hydrogen) atoms. The zero-order chi connectivity index (χ0) is 58.9. The first-order valence-electron chi connectivity index (χ1n) is 25.7. The van der Waals surface area contributed by atoms with Gasteiger partial charge in [0.15, 0.2) is 5.41 Å². The van der Waals surface area contributed by atoms with Crippen molar-refractivity contribution >= 4 is 59.6 Å². The predicted molar refractivity (Wildman–Crippen MR) is 277 cm³/mol. The molecular formula is C53H92N4O19. The van der Waals surface area contributed by atoms with Crippen LogP contribution in [-0.2, 0) is 90.6 Å². The predicted octanol–water partition coefficient (Wildman–Crippen LogP) is 4.26. The second-order valence-corrected chi connectivity index (χ2v) is 23.6. The monoisotopic (exact) mass is 1090 g/mol. The fourth-order valence-corrected chi connectivity index (χ4v) is 6.76. The van der Waals surface area contributed by atoms with Crippen LogP contribution in [0, 0.1) is 5.41 Å². The minimum Gasteiger partial charge on any atom is -0.466 e. The number of hydrogen-bond donors (Lipinski definition) is 1. The van der Waals surface area contributed by atoms with Gasteiger partial charge in [-0.1, -0.05) is 6.42 Å². The molecule has 0 fully saturated rings. The lowest BCUT2D eigenvalue weighted by Crippen LogP contribution is -2.52. The lowest BCUT2D eigenvalue weighted by molar-refractivity contribution is -0.167. The van der Waals surface area contributed by atoms with Crippen LogP contribution in [-0.4, -0.2) is 194 Å². The summed E-state index contributed by atoms with van der Waals surface area (Å²) in [5, 5.41) is 2.72. The maximum Gasteiger partial charge on any atom is 0.324 e. The third-order valence-corrected chi connectivity index (χ3v) is 9.73. The first-order valence-corrected chi connectivity index (χ1v) is 25.7. The van der Waals surface area contributed by atoms with Crippen molar-refractivity contribution in [1.82, 2.24) is 20.0 Å². The molecule has 23 nitrogen and oxygen atoms in total. The molecule has 0 aliphatic carbocycles. The van der Waals surface area contributed by atoms with Crippen LogP contribution in [0.5, 0.6) is 0 Å². The highest BCUT2D eigenvalue weighted by atomic mass is 16.6. The fourth-order valence-electron chi connectivity index (χ4n) is 6.76. The number of carbonyl (C=O) groups is 10. The van der Waals surface area contributed by atoms with Crippen LogP contribution in [0.3, 0.4) is 0 Å². The van der Waals surface area contributed by atoms with Crippen LogP contribution in [0.15, 0.2) is 0 Å². The van der Waals surface area contributed by atoms with Gasteiger partial charge in [0.05, 0.1) is 39.2 Å². The van der Waals surface area contributed by atoms with Crippen LogP contribution in [0.2, 0.25) is 0 Å². The minimum atomic E-state index is -1.71. The quantitative estimate of drug-likeness (QED) is 0.0560. The number of nitrogens with zero attached hydrogens (tertiary/aromatic N) is 3. The standard InChI is InChI=1S/C53H92N4O19/c1-37(58)69-34-53(35-70-38(2)59,36-71-39(3)60)47(67)54-23-21-19-20-22-28-68-41(61)29-40(46(66)76-52(16,17)18)57(26-24-55(30-42(62)72-48(4,5)6)31-43(63)73-49(7,8)9)27-25-56(32-44(64)74-50(10,11)12)33-45(65)75-51(13,14)15/h40H,19-36H2,1-18H3,(H,54,67). The SMILES string of the molecule is CC(=O)OCC(COC(C)=O)(COC(C)=O)C(=O)NCCCCCCOC(=O)CC(C(=O)OC(C)(C)C)N(CCN(CC(=O)OC(C)(C)C)CC(=O)OC(C)(C)C)CCN(CC(=O)OC(C)(C)C)CC(=O)OC(C)(C)C. The lowest BCUT2D eigenvalue weighted by atomic mass is 9.89. The molecule has 438 valence electrons. The first-order chi connectivity index (χ1) is 34.6. The van der Waals surface area contributed by atoms with Gasteiger partial charge in [-0.05, 0) is 123 Å². The van der Waals surface area contributed by atoms with Crippen molar-refractivity contribution in [3.05, 3.63) is 0 Å². The summed E-state index contributed by atoms with van der Waals surface area (Å²) < 4.78 is 49.1. The van der Waals surface area contributed by atoms with Gasteiger partial charge in [0.25, 0.3) is 0 Å².